The molecule has 1 aromatic carbocycles. The molecular formula is C15H13F3N2. The van der Waals surface area contributed by atoms with Crippen LogP contribution in [0.5, 0.6) is 0 Å². The van der Waals surface area contributed by atoms with Crippen molar-refractivity contribution < 1.29 is 13.2 Å². The summed E-state index contributed by atoms with van der Waals surface area (Å²) in [6, 6.07) is 7.24. The molecule has 2 nitrogen and oxygen atoms in total. The summed E-state index contributed by atoms with van der Waals surface area (Å²) in [5.41, 5.74) is -0.412. The van der Waals surface area contributed by atoms with E-state index in [4.69, 9.17) is 0 Å². The Balaban J connectivity index is 2.07. The van der Waals surface area contributed by atoms with Gasteiger partial charge in [0.25, 0.3) is 0 Å². The van der Waals surface area contributed by atoms with Gasteiger partial charge in [-0.3, -0.25) is 0 Å². The fraction of sp³-hybridized carbons (Fsp3) is 0.333. The van der Waals surface area contributed by atoms with Gasteiger partial charge in [-0.15, -0.1) is 0 Å². The molecule has 1 aliphatic rings. The van der Waals surface area contributed by atoms with Crippen molar-refractivity contribution in [2.45, 2.75) is 30.9 Å². The Kier molecular flexibility index (Phi) is 3.00. The van der Waals surface area contributed by atoms with Crippen LogP contribution in [0.2, 0.25) is 0 Å². The maximum atomic E-state index is 12.8. The molecule has 1 heterocycles. The molecule has 0 amide bonds. The van der Waals surface area contributed by atoms with Gasteiger partial charge in [0.05, 0.1) is 11.0 Å². The first kappa shape index (κ1) is 13.1. The quantitative estimate of drug-likeness (QED) is 0.830. The second-order valence-corrected chi connectivity index (χ2v) is 5.09. The highest BCUT2D eigenvalue weighted by Gasteiger charge is 2.44. The lowest BCUT2D eigenvalue weighted by Crippen LogP contribution is -2.37. The van der Waals surface area contributed by atoms with E-state index in [-0.39, 0.29) is 0 Å². The summed E-state index contributed by atoms with van der Waals surface area (Å²) < 4.78 is 38.5. The van der Waals surface area contributed by atoms with Crippen molar-refractivity contribution >= 4 is 0 Å². The van der Waals surface area contributed by atoms with E-state index in [0.29, 0.717) is 11.4 Å². The normalized spacial score (nSPS) is 17.6. The van der Waals surface area contributed by atoms with Gasteiger partial charge in [-0.2, -0.15) is 13.2 Å². The van der Waals surface area contributed by atoms with Crippen molar-refractivity contribution in [1.82, 2.24) is 9.97 Å². The van der Waals surface area contributed by atoms with E-state index in [9.17, 15) is 13.2 Å². The van der Waals surface area contributed by atoms with Gasteiger partial charge >= 0.3 is 6.18 Å². The Labute approximate surface area is 114 Å². The summed E-state index contributed by atoms with van der Waals surface area (Å²) in [6.45, 7) is 0. The predicted molar refractivity (Wildman–Crippen MR) is 68.1 cm³/mol. The molecule has 1 aliphatic carbocycles. The Bertz CT molecular complexity index is 604. The number of nitrogens with zero attached hydrogens (tertiary/aromatic N) is 2. The van der Waals surface area contributed by atoms with Crippen LogP contribution in [0, 0.1) is 0 Å². The van der Waals surface area contributed by atoms with Crippen LogP contribution in [0.4, 0.5) is 13.2 Å². The van der Waals surface area contributed by atoms with Crippen molar-refractivity contribution in [3.63, 3.8) is 0 Å². The van der Waals surface area contributed by atoms with E-state index in [0.717, 1.165) is 25.3 Å². The Hall–Kier alpha value is -1.91. The molecule has 0 aliphatic heterocycles. The first-order chi connectivity index (χ1) is 9.52. The van der Waals surface area contributed by atoms with Crippen LogP contribution >= 0.6 is 0 Å². The Morgan fingerprint density at radius 2 is 1.70 bits per heavy atom. The molecule has 1 fully saturated rings. The zero-order valence-electron chi connectivity index (χ0n) is 10.7. The van der Waals surface area contributed by atoms with Crippen molar-refractivity contribution in [3.05, 3.63) is 59.7 Å². The van der Waals surface area contributed by atoms with E-state index in [1.54, 1.807) is 24.5 Å². The van der Waals surface area contributed by atoms with Gasteiger partial charge in [-0.25, -0.2) is 9.97 Å². The zero-order valence-corrected chi connectivity index (χ0v) is 10.7. The molecule has 104 valence electrons. The van der Waals surface area contributed by atoms with Crippen molar-refractivity contribution in [2.24, 2.45) is 0 Å². The molecule has 20 heavy (non-hydrogen) atoms. The van der Waals surface area contributed by atoms with E-state index in [1.165, 1.54) is 12.1 Å². The van der Waals surface area contributed by atoms with Gasteiger partial charge in [0.2, 0.25) is 0 Å². The lowest BCUT2D eigenvalue weighted by Gasteiger charge is -2.41. The average Bonchev–Trinajstić information content (AvgIpc) is 2.38. The third-order valence-electron chi connectivity index (χ3n) is 3.94. The molecule has 1 aromatic heterocycles. The number of benzene rings is 1. The van der Waals surface area contributed by atoms with Gasteiger partial charge in [0.15, 0.2) is 0 Å². The molecule has 2 aromatic rings. The SMILES string of the molecule is FC(F)(F)c1cccc(C2(c3ncccn3)CCC2)c1. The topological polar surface area (TPSA) is 25.8 Å². The highest BCUT2D eigenvalue weighted by Crippen LogP contribution is 2.48. The molecule has 0 N–H and O–H groups in total. The third kappa shape index (κ3) is 2.07. The van der Waals surface area contributed by atoms with E-state index in [1.807, 2.05) is 0 Å². The summed E-state index contributed by atoms with van der Waals surface area (Å²) in [6.07, 6.45) is 1.51. The minimum atomic E-state index is -4.32. The van der Waals surface area contributed by atoms with E-state index >= 15 is 0 Å². The summed E-state index contributed by atoms with van der Waals surface area (Å²) in [4.78, 5) is 8.50. The lowest BCUT2D eigenvalue weighted by atomic mass is 9.63. The predicted octanol–water partition coefficient (Wildman–Crippen LogP) is 3.97. The molecule has 5 heteroatoms. The highest BCUT2D eigenvalue weighted by atomic mass is 19.4. The minimum absolute atomic E-state index is 0.456. The summed E-state index contributed by atoms with van der Waals surface area (Å²) in [7, 11) is 0. The first-order valence-electron chi connectivity index (χ1n) is 6.48. The van der Waals surface area contributed by atoms with Crippen molar-refractivity contribution in [1.29, 1.82) is 0 Å². The summed E-state index contributed by atoms with van der Waals surface area (Å²) in [5.74, 6) is 0.616. The number of rotatable bonds is 2. The van der Waals surface area contributed by atoms with Crippen LogP contribution in [0.3, 0.4) is 0 Å². The van der Waals surface area contributed by atoms with Gasteiger partial charge < -0.3 is 0 Å². The fourth-order valence-corrected chi connectivity index (χ4v) is 2.71. The molecule has 0 radical (unpaired) electrons. The minimum Gasteiger partial charge on any atom is -0.240 e. The monoisotopic (exact) mass is 278 g/mol. The Morgan fingerprint density at radius 3 is 2.25 bits per heavy atom. The van der Waals surface area contributed by atoms with Crippen LogP contribution < -0.4 is 0 Å². The van der Waals surface area contributed by atoms with Crippen LogP contribution in [0.25, 0.3) is 0 Å². The fourth-order valence-electron chi connectivity index (χ4n) is 2.71. The maximum Gasteiger partial charge on any atom is 0.416 e. The van der Waals surface area contributed by atoms with Gasteiger partial charge in [-0.05, 0) is 30.5 Å². The standard InChI is InChI=1S/C15H13F3N2/c16-15(17,18)12-5-1-4-11(10-12)14(6-2-7-14)13-19-8-3-9-20-13/h1,3-5,8-10H,2,6-7H2. The molecule has 1 saturated carbocycles. The van der Waals surface area contributed by atoms with Crippen LogP contribution in [0.1, 0.15) is 36.2 Å². The molecule has 0 saturated heterocycles. The second kappa shape index (κ2) is 4.58. The Morgan fingerprint density at radius 1 is 1.00 bits per heavy atom. The summed E-state index contributed by atoms with van der Waals surface area (Å²) in [5, 5.41) is 0. The average molecular weight is 278 g/mol. The van der Waals surface area contributed by atoms with Gasteiger partial charge in [0, 0.05) is 12.4 Å². The molecule has 0 bridgehead atoms. The zero-order chi connectivity index (χ0) is 14.2. The number of aromatic nitrogens is 2. The summed E-state index contributed by atoms with van der Waals surface area (Å²) >= 11 is 0. The van der Waals surface area contributed by atoms with E-state index in [2.05, 4.69) is 9.97 Å². The molecule has 3 rings (SSSR count). The molecule has 0 spiro atoms. The van der Waals surface area contributed by atoms with Crippen molar-refractivity contribution in [2.75, 3.05) is 0 Å². The van der Waals surface area contributed by atoms with Crippen molar-refractivity contribution in [3.8, 4) is 0 Å². The van der Waals surface area contributed by atoms with Crippen LogP contribution in [-0.4, -0.2) is 9.97 Å². The van der Waals surface area contributed by atoms with Gasteiger partial charge in [-0.1, -0.05) is 24.6 Å². The van der Waals surface area contributed by atoms with Crippen LogP contribution in [0.15, 0.2) is 42.7 Å². The third-order valence-corrected chi connectivity index (χ3v) is 3.94. The lowest BCUT2D eigenvalue weighted by molar-refractivity contribution is -0.137. The molecular weight excluding hydrogens is 265 g/mol. The largest absolute Gasteiger partial charge is 0.416 e. The molecule has 0 atom stereocenters. The number of hydrogen-bond acceptors (Lipinski definition) is 2. The maximum absolute atomic E-state index is 12.8. The smallest absolute Gasteiger partial charge is 0.240 e. The second-order valence-electron chi connectivity index (χ2n) is 5.09. The number of hydrogen-bond donors (Lipinski definition) is 0. The van der Waals surface area contributed by atoms with E-state index < -0.39 is 17.2 Å². The van der Waals surface area contributed by atoms with Crippen LogP contribution in [-0.2, 0) is 11.6 Å². The molecule has 0 unspecified atom stereocenters. The number of alkyl halides is 3. The number of halogens is 3. The first-order valence-corrected chi connectivity index (χ1v) is 6.48. The highest BCUT2D eigenvalue weighted by molar-refractivity contribution is 5.38. The van der Waals surface area contributed by atoms with Gasteiger partial charge in [0.1, 0.15) is 5.82 Å².